The van der Waals surface area contributed by atoms with Crippen LogP contribution in [0.15, 0.2) is 18.7 Å². The summed E-state index contributed by atoms with van der Waals surface area (Å²) < 4.78 is 1.97. The van der Waals surface area contributed by atoms with Crippen LogP contribution in [0.2, 0.25) is 0 Å². The molecule has 0 bridgehead atoms. The van der Waals surface area contributed by atoms with Gasteiger partial charge in [0.1, 0.15) is 0 Å². The van der Waals surface area contributed by atoms with E-state index in [9.17, 15) is 9.59 Å². The first-order valence-corrected chi connectivity index (χ1v) is 7.91. The summed E-state index contributed by atoms with van der Waals surface area (Å²) in [4.78, 5) is 29.5. The molecular weight excluding hydrogens is 282 g/mol. The van der Waals surface area contributed by atoms with Crippen LogP contribution >= 0.6 is 0 Å². The van der Waals surface area contributed by atoms with Gasteiger partial charge in [0.2, 0.25) is 11.8 Å². The highest BCUT2D eigenvalue weighted by Gasteiger charge is 2.20. The van der Waals surface area contributed by atoms with Gasteiger partial charge in [-0.15, -0.1) is 0 Å². The minimum atomic E-state index is -0.0623. The summed E-state index contributed by atoms with van der Waals surface area (Å²) in [5, 5.41) is 2.85. The molecule has 122 valence electrons. The van der Waals surface area contributed by atoms with Gasteiger partial charge in [0, 0.05) is 57.5 Å². The molecular formula is C15H25N5O2. The summed E-state index contributed by atoms with van der Waals surface area (Å²) in [6.45, 7) is 2.87. The van der Waals surface area contributed by atoms with Crippen LogP contribution in [0.3, 0.4) is 0 Å². The van der Waals surface area contributed by atoms with E-state index >= 15 is 0 Å². The van der Waals surface area contributed by atoms with Crippen LogP contribution in [0.5, 0.6) is 0 Å². The van der Waals surface area contributed by atoms with E-state index in [0.717, 1.165) is 25.8 Å². The van der Waals surface area contributed by atoms with Crippen LogP contribution in [0, 0.1) is 0 Å². The number of nitrogens with one attached hydrogen (secondary N) is 1. The van der Waals surface area contributed by atoms with E-state index < -0.39 is 0 Å². The maximum Gasteiger partial charge on any atom is 0.223 e. The van der Waals surface area contributed by atoms with Crippen molar-refractivity contribution >= 4 is 11.8 Å². The maximum absolute atomic E-state index is 12.0. The molecule has 1 saturated heterocycles. The second-order valence-electron chi connectivity index (χ2n) is 5.72. The molecule has 1 aromatic rings. The van der Waals surface area contributed by atoms with E-state index in [1.807, 2.05) is 15.7 Å². The third-order valence-corrected chi connectivity index (χ3v) is 3.93. The minimum absolute atomic E-state index is 0.0560. The van der Waals surface area contributed by atoms with Crippen LogP contribution < -0.4 is 11.1 Å². The van der Waals surface area contributed by atoms with Gasteiger partial charge in [-0.25, -0.2) is 4.98 Å². The molecule has 0 spiro atoms. The van der Waals surface area contributed by atoms with Crippen LogP contribution in [-0.2, 0) is 16.1 Å². The van der Waals surface area contributed by atoms with Crippen molar-refractivity contribution in [1.82, 2.24) is 19.8 Å². The molecule has 0 saturated carbocycles. The van der Waals surface area contributed by atoms with E-state index in [4.69, 9.17) is 5.73 Å². The molecule has 1 aromatic heterocycles. The molecule has 7 heteroatoms. The Bertz CT molecular complexity index is 466. The van der Waals surface area contributed by atoms with E-state index in [-0.39, 0.29) is 30.7 Å². The van der Waals surface area contributed by atoms with Crippen molar-refractivity contribution in [3.8, 4) is 0 Å². The monoisotopic (exact) mass is 307 g/mol. The van der Waals surface area contributed by atoms with Crippen molar-refractivity contribution < 1.29 is 9.59 Å². The second kappa shape index (κ2) is 8.53. The number of amides is 2. The van der Waals surface area contributed by atoms with Crippen molar-refractivity contribution in [3.05, 3.63) is 18.7 Å². The van der Waals surface area contributed by atoms with Gasteiger partial charge in [0.05, 0.1) is 6.33 Å². The number of likely N-dealkylation sites (tertiary alicyclic amines) is 1. The number of carbonyl (C=O) groups excluding carboxylic acids is 2. The first-order chi connectivity index (χ1) is 10.6. The largest absolute Gasteiger partial charge is 0.356 e. The maximum atomic E-state index is 12.0. The first-order valence-electron chi connectivity index (χ1n) is 7.91. The van der Waals surface area contributed by atoms with Crippen LogP contribution in [0.1, 0.15) is 32.1 Å². The third kappa shape index (κ3) is 5.48. The molecule has 0 aliphatic carbocycles. The predicted octanol–water partition coefficient (Wildman–Crippen LogP) is 0.119. The molecule has 1 aliphatic rings. The number of carbonyl (C=O) groups is 2. The van der Waals surface area contributed by atoms with Gasteiger partial charge in [-0.1, -0.05) is 0 Å². The molecule has 22 heavy (non-hydrogen) atoms. The highest BCUT2D eigenvalue weighted by atomic mass is 16.2. The van der Waals surface area contributed by atoms with Gasteiger partial charge < -0.3 is 20.5 Å². The van der Waals surface area contributed by atoms with Gasteiger partial charge in [-0.05, 0) is 19.3 Å². The Balaban J connectivity index is 1.54. The third-order valence-electron chi connectivity index (χ3n) is 3.93. The van der Waals surface area contributed by atoms with E-state index in [0.29, 0.717) is 19.6 Å². The summed E-state index contributed by atoms with van der Waals surface area (Å²) in [6.07, 6.45) is 8.47. The van der Waals surface area contributed by atoms with E-state index in [1.165, 1.54) is 0 Å². The Morgan fingerprint density at radius 1 is 1.27 bits per heavy atom. The summed E-state index contributed by atoms with van der Waals surface area (Å²) in [5.74, 6) is -0.00634. The molecule has 2 amide bonds. The molecule has 0 atom stereocenters. The van der Waals surface area contributed by atoms with Gasteiger partial charge in [0.15, 0.2) is 0 Å². The fourth-order valence-corrected chi connectivity index (χ4v) is 2.52. The normalized spacial score (nSPS) is 15.8. The number of nitrogens with zero attached hydrogens (tertiary/aromatic N) is 3. The molecule has 3 N–H and O–H groups in total. The first kappa shape index (κ1) is 16.5. The fraction of sp³-hybridized carbons (Fsp3) is 0.667. The van der Waals surface area contributed by atoms with Crippen molar-refractivity contribution in [2.45, 2.75) is 44.7 Å². The number of hydrogen-bond donors (Lipinski definition) is 2. The molecule has 0 unspecified atom stereocenters. The van der Waals surface area contributed by atoms with Gasteiger partial charge in [-0.2, -0.15) is 0 Å². The van der Waals surface area contributed by atoms with Crippen molar-refractivity contribution in [3.63, 3.8) is 0 Å². The molecule has 7 nitrogen and oxygen atoms in total. The number of hydrogen-bond acceptors (Lipinski definition) is 4. The number of aryl methyl sites for hydroxylation is 1. The Morgan fingerprint density at radius 2 is 2.05 bits per heavy atom. The molecule has 0 aromatic carbocycles. The average Bonchev–Trinajstić information content (AvgIpc) is 3.03. The topological polar surface area (TPSA) is 93.2 Å². The average molecular weight is 307 g/mol. The van der Waals surface area contributed by atoms with E-state index in [1.54, 1.807) is 12.5 Å². The predicted molar refractivity (Wildman–Crippen MR) is 82.9 cm³/mol. The lowest BCUT2D eigenvalue weighted by atomic mass is 10.1. The zero-order valence-electron chi connectivity index (χ0n) is 12.9. The Morgan fingerprint density at radius 3 is 2.73 bits per heavy atom. The summed E-state index contributed by atoms with van der Waals surface area (Å²) >= 11 is 0. The minimum Gasteiger partial charge on any atom is -0.356 e. The lowest BCUT2D eigenvalue weighted by Crippen LogP contribution is -2.43. The summed E-state index contributed by atoms with van der Waals surface area (Å²) in [5.41, 5.74) is 5.81. The zero-order chi connectivity index (χ0) is 15.8. The van der Waals surface area contributed by atoms with Crippen LogP contribution in [-0.4, -0.2) is 51.9 Å². The lowest BCUT2D eigenvalue weighted by Gasteiger charge is -2.30. The molecule has 0 radical (unpaired) electrons. The quantitative estimate of drug-likeness (QED) is 0.700. The zero-order valence-corrected chi connectivity index (χ0v) is 12.9. The highest BCUT2D eigenvalue weighted by molar-refractivity contribution is 5.83. The molecule has 2 heterocycles. The number of piperidine rings is 1. The smallest absolute Gasteiger partial charge is 0.223 e. The Kier molecular flexibility index (Phi) is 6.39. The van der Waals surface area contributed by atoms with E-state index in [2.05, 4.69) is 10.3 Å². The highest BCUT2D eigenvalue weighted by Crippen LogP contribution is 2.10. The van der Waals surface area contributed by atoms with Crippen molar-refractivity contribution in [2.75, 3.05) is 19.6 Å². The number of nitrogens with two attached hydrogens (primary N) is 1. The van der Waals surface area contributed by atoms with Gasteiger partial charge in [-0.3, -0.25) is 9.59 Å². The van der Waals surface area contributed by atoms with Crippen molar-refractivity contribution in [1.29, 1.82) is 0 Å². The second-order valence-corrected chi connectivity index (χ2v) is 5.72. The number of rotatable bonds is 7. The molecule has 2 rings (SSSR count). The lowest BCUT2D eigenvalue weighted by molar-refractivity contribution is -0.134. The summed E-state index contributed by atoms with van der Waals surface area (Å²) in [7, 11) is 0. The fourth-order valence-electron chi connectivity index (χ4n) is 2.52. The molecule has 1 fully saturated rings. The van der Waals surface area contributed by atoms with Gasteiger partial charge in [0.25, 0.3) is 0 Å². The SMILES string of the molecule is NC1CCN(C(=O)CCC(=O)NCCCn2ccnc2)CC1. The van der Waals surface area contributed by atoms with Crippen LogP contribution in [0.25, 0.3) is 0 Å². The standard InChI is InChI=1S/C15H25N5O2/c16-13-4-9-20(10-5-13)15(22)3-2-14(21)18-6-1-8-19-11-7-17-12-19/h7,11-13H,1-6,8-10,16H2,(H,18,21). The van der Waals surface area contributed by atoms with Crippen LogP contribution in [0.4, 0.5) is 0 Å². The molecule has 1 aliphatic heterocycles. The number of aromatic nitrogens is 2. The van der Waals surface area contributed by atoms with Crippen molar-refractivity contribution in [2.24, 2.45) is 5.73 Å². The number of imidazole rings is 1. The Hall–Kier alpha value is -1.89. The Labute approximate surface area is 130 Å². The summed E-state index contributed by atoms with van der Waals surface area (Å²) in [6, 6.07) is 0.211. The van der Waals surface area contributed by atoms with Gasteiger partial charge >= 0.3 is 0 Å².